The van der Waals surface area contributed by atoms with E-state index in [4.69, 9.17) is 4.74 Å². The number of carbonyl (C=O) groups excluding carboxylic acids is 2. The van der Waals surface area contributed by atoms with Crippen molar-refractivity contribution in [2.24, 2.45) is 0 Å². The van der Waals surface area contributed by atoms with Gasteiger partial charge in [-0.3, -0.25) is 24.0 Å². The minimum Gasteiger partial charge on any atom is -0.459 e. The van der Waals surface area contributed by atoms with E-state index < -0.39 is 12.1 Å². The Morgan fingerprint density at radius 2 is 2.05 bits per heavy atom. The van der Waals surface area contributed by atoms with E-state index in [9.17, 15) is 9.59 Å². The summed E-state index contributed by atoms with van der Waals surface area (Å²) < 4.78 is 6.95. The van der Waals surface area contributed by atoms with Crippen molar-refractivity contribution in [2.45, 2.75) is 26.5 Å². The SMILES string of the molecule is CC(=O)O[C@H]1CN(C(C)=O)c2nnc(-c3cnccn3)n2C1. The van der Waals surface area contributed by atoms with Crippen molar-refractivity contribution in [2.75, 3.05) is 11.4 Å². The molecule has 1 atom stereocenters. The van der Waals surface area contributed by atoms with Gasteiger partial charge in [0.2, 0.25) is 11.9 Å². The lowest BCUT2D eigenvalue weighted by molar-refractivity contribution is -0.147. The van der Waals surface area contributed by atoms with Crippen molar-refractivity contribution in [1.82, 2.24) is 24.7 Å². The zero-order valence-corrected chi connectivity index (χ0v) is 12.1. The van der Waals surface area contributed by atoms with E-state index in [1.165, 1.54) is 18.7 Å². The highest BCUT2D eigenvalue weighted by molar-refractivity contribution is 5.90. The number of hydrogen-bond donors (Lipinski definition) is 0. The van der Waals surface area contributed by atoms with Crippen LogP contribution in [-0.2, 0) is 20.9 Å². The highest BCUT2D eigenvalue weighted by Crippen LogP contribution is 2.26. The fraction of sp³-hybridized carbons (Fsp3) is 0.385. The van der Waals surface area contributed by atoms with Crippen molar-refractivity contribution in [3.63, 3.8) is 0 Å². The Morgan fingerprint density at radius 1 is 1.23 bits per heavy atom. The van der Waals surface area contributed by atoms with Gasteiger partial charge in [0.05, 0.1) is 19.3 Å². The van der Waals surface area contributed by atoms with Gasteiger partial charge in [-0.2, -0.15) is 0 Å². The molecule has 0 spiro atoms. The number of rotatable bonds is 2. The van der Waals surface area contributed by atoms with Crippen LogP contribution in [0.4, 0.5) is 5.95 Å². The monoisotopic (exact) mass is 302 g/mol. The number of esters is 1. The van der Waals surface area contributed by atoms with E-state index in [1.54, 1.807) is 23.2 Å². The van der Waals surface area contributed by atoms with Gasteiger partial charge < -0.3 is 4.74 Å². The van der Waals surface area contributed by atoms with Gasteiger partial charge in [-0.1, -0.05) is 0 Å². The molecule has 0 N–H and O–H groups in total. The van der Waals surface area contributed by atoms with Gasteiger partial charge in [0.1, 0.15) is 11.8 Å². The first kappa shape index (κ1) is 14.1. The van der Waals surface area contributed by atoms with Crippen LogP contribution in [0.3, 0.4) is 0 Å². The molecule has 2 aromatic heterocycles. The molecule has 1 amide bonds. The van der Waals surface area contributed by atoms with Crippen LogP contribution in [-0.4, -0.2) is 49.3 Å². The van der Waals surface area contributed by atoms with Crippen LogP contribution in [0.5, 0.6) is 0 Å². The molecule has 1 aliphatic heterocycles. The molecule has 0 saturated carbocycles. The molecule has 9 heteroatoms. The van der Waals surface area contributed by atoms with E-state index in [-0.39, 0.29) is 12.5 Å². The van der Waals surface area contributed by atoms with Crippen LogP contribution in [0, 0.1) is 0 Å². The molecule has 22 heavy (non-hydrogen) atoms. The first-order valence-corrected chi connectivity index (χ1v) is 6.71. The van der Waals surface area contributed by atoms with Crippen LogP contribution in [0.2, 0.25) is 0 Å². The van der Waals surface area contributed by atoms with E-state index >= 15 is 0 Å². The summed E-state index contributed by atoms with van der Waals surface area (Å²) in [6.45, 7) is 3.38. The molecule has 0 unspecified atom stereocenters. The van der Waals surface area contributed by atoms with Crippen molar-refractivity contribution < 1.29 is 14.3 Å². The fourth-order valence-electron chi connectivity index (χ4n) is 2.39. The molecule has 0 aromatic carbocycles. The first-order chi connectivity index (χ1) is 10.6. The van der Waals surface area contributed by atoms with E-state index in [1.807, 2.05) is 0 Å². The zero-order valence-electron chi connectivity index (χ0n) is 12.1. The van der Waals surface area contributed by atoms with Gasteiger partial charge in [-0.05, 0) is 0 Å². The quantitative estimate of drug-likeness (QED) is 0.721. The lowest BCUT2D eigenvalue weighted by Gasteiger charge is -2.31. The Labute approximate surface area is 125 Å². The molecule has 0 aliphatic carbocycles. The number of aromatic nitrogens is 5. The molecular formula is C13H14N6O3. The van der Waals surface area contributed by atoms with Gasteiger partial charge in [-0.15, -0.1) is 10.2 Å². The van der Waals surface area contributed by atoms with Crippen molar-refractivity contribution in [1.29, 1.82) is 0 Å². The van der Waals surface area contributed by atoms with E-state index in [2.05, 4.69) is 20.2 Å². The molecule has 114 valence electrons. The Kier molecular flexibility index (Phi) is 3.53. The maximum Gasteiger partial charge on any atom is 0.303 e. The fourth-order valence-corrected chi connectivity index (χ4v) is 2.39. The lowest BCUT2D eigenvalue weighted by atomic mass is 10.2. The van der Waals surface area contributed by atoms with Crippen LogP contribution in [0.15, 0.2) is 18.6 Å². The van der Waals surface area contributed by atoms with Gasteiger partial charge >= 0.3 is 5.97 Å². The van der Waals surface area contributed by atoms with Crippen molar-refractivity contribution in [3.05, 3.63) is 18.6 Å². The Balaban J connectivity index is 2.02. The second-order valence-corrected chi connectivity index (χ2v) is 4.89. The number of anilines is 1. The Bertz CT molecular complexity index is 714. The average molecular weight is 302 g/mol. The molecule has 0 fully saturated rings. The van der Waals surface area contributed by atoms with Gasteiger partial charge in [0.15, 0.2) is 5.82 Å². The average Bonchev–Trinajstić information content (AvgIpc) is 2.90. The third kappa shape index (κ3) is 2.52. The lowest BCUT2D eigenvalue weighted by Crippen LogP contribution is -2.45. The molecule has 2 aromatic rings. The molecular weight excluding hydrogens is 288 g/mol. The summed E-state index contributed by atoms with van der Waals surface area (Å²) in [5.41, 5.74) is 0.535. The molecule has 0 saturated heterocycles. The zero-order chi connectivity index (χ0) is 15.7. The molecule has 3 heterocycles. The number of nitrogens with zero attached hydrogens (tertiary/aromatic N) is 6. The molecule has 3 rings (SSSR count). The summed E-state index contributed by atoms with van der Waals surface area (Å²) in [4.78, 5) is 32.6. The predicted molar refractivity (Wildman–Crippen MR) is 74.6 cm³/mol. The van der Waals surface area contributed by atoms with Crippen molar-refractivity contribution >= 4 is 17.8 Å². The second kappa shape index (κ2) is 5.51. The van der Waals surface area contributed by atoms with Crippen LogP contribution in [0.1, 0.15) is 13.8 Å². The maximum atomic E-state index is 11.8. The highest BCUT2D eigenvalue weighted by Gasteiger charge is 2.32. The summed E-state index contributed by atoms with van der Waals surface area (Å²) in [7, 11) is 0. The normalized spacial score (nSPS) is 17.0. The summed E-state index contributed by atoms with van der Waals surface area (Å²) in [6.07, 6.45) is 4.21. The van der Waals surface area contributed by atoms with Gasteiger partial charge in [-0.25, -0.2) is 4.98 Å². The summed E-state index contributed by atoms with van der Waals surface area (Å²) in [5.74, 6) is 0.296. The third-order valence-electron chi connectivity index (χ3n) is 3.25. The second-order valence-electron chi connectivity index (χ2n) is 4.89. The standard InChI is InChI=1S/C13H14N6O3/c1-8(20)18-6-10(22-9(2)21)7-19-12(16-17-13(18)19)11-5-14-3-4-15-11/h3-5,10H,6-7H2,1-2H3/t10-/m0/s1. The predicted octanol–water partition coefficient (Wildman–Crippen LogP) is 0.0333. The summed E-state index contributed by atoms with van der Waals surface area (Å²) >= 11 is 0. The van der Waals surface area contributed by atoms with Crippen LogP contribution in [0.25, 0.3) is 11.5 Å². The number of carbonyl (C=O) groups is 2. The van der Waals surface area contributed by atoms with Crippen molar-refractivity contribution in [3.8, 4) is 11.5 Å². The number of hydrogen-bond acceptors (Lipinski definition) is 7. The summed E-state index contributed by atoms with van der Waals surface area (Å²) in [5, 5.41) is 8.15. The maximum absolute atomic E-state index is 11.8. The largest absolute Gasteiger partial charge is 0.459 e. The van der Waals surface area contributed by atoms with E-state index in [0.717, 1.165) is 0 Å². The Hall–Kier alpha value is -2.84. The van der Waals surface area contributed by atoms with E-state index in [0.29, 0.717) is 24.0 Å². The van der Waals surface area contributed by atoms with Crippen LogP contribution >= 0.6 is 0 Å². The van der Waals surface area contributed by atoms with Gasteiger partial charge in [0.25, 0.3) is 0 Å². The topological polar surface area (TPSA) is 103 Å². The Morgan fingerprint density at radius 3 is 2.68 bits per heavy atom. The van der Waals surface area contributed by atoms with Crippen LogP contribution < -0.4 is 4.90 Å². The summed E-state index contributed by atoms with van der Waals surface area (Å²) in [6, 6.07) is 0. The van der Waals surface area contributed by atoms with Gasteiger partial charge in [0, 0.05) is 26.2 Å². The molecule has 0 radical (unpaired) electrons. The molecule has 0 bridgehead atoms. The molecule has 1 aliphatic rings. The molecule has 9 nitrogen and oxygen atoms in total. The number of ether oxygens (including phenoxy) is 1. The minimum atomic E-state index is -0.458. The third-order valence-corrected chi connectivity index (χ3v) is 3.25. The smallest absolute Gasteiger partial charge is 0.303 e. The first-order valence-electron chi connectivity index (χ1n) is 6.71. The highest BCUT2D eigenvalue weighted by atomic mass is 16.5. The number of amides is 1. The minimum absolute atomic E-state index is 0.198. The number of fused-ring (bicyclic) bond motifs is 1.